The van der Waals surface area contributed by atoms with Gasteiger partial charge >= 0.3 is 0 Å². The van der Waals surface area contributed by atoms with Gasteiger partial charge in [0.2, 0.25) is 15.9 Å². The van der Waals surface area contributed by atoms with Crippen LogP contribution in [0.15, 0.2) is 30.6 Å². The Morgan fingerprint density at radius 3 is 2.65 bits per heavy atom. The van der Waals surface area contributed by atoms with E-state index >= 15 is 0 Å². The largest absolute Gasteiger partial charge is 0.336 e. The molecule has 1 aromatic carbocycles. The summed E-state index contributed by atoms with van der Waals surface area (Å²) in [6.07, 6.45) is 4.06. The Hall–Kier alpha value is -2.19. The van der Waals surface area contributed by atoms with Gasteiger partial charge in [-0.3, -0.25) is 4.79 Å². The van der Waals surface area contributed by atoms with Gasteiger partial charge in [0.1, 0.15) is 0 Å². The molecule has 0 unspecified atom stereocenters. The first-order chi connectivity index (χ1) is 12.3. The van der Waals surface area contributed by atoms with E-state index in [-0.39, 0.29) is 12.5 Å². The Morgan fingerprint density at radius 1 is 1.23 bits per heavy atom. The average molecular weight is 376 g/mol. The van der Waals surface area contributed by atoms with Crippen molar-refractivity contribution in [1.29, 1.82) is 0 Å². The van der Waals surface area contributed by atoms with Crippen LogP contribution in [-0.2, 0) is 40.9 Å². The molecule has 1 aromatic heterocycles. The van der Waals surface area contributed by atoms with Crippen LogP contribution in [0.2, 0.25) is 0 Å². The quantitative estimate of drug-likeness (QED) is 0.850. The molecule has 1 amide bonds. The van der Waals surface area contributed by atoms with Crippen molar-refractivity contribution in [2.75, 3.05) is 12.8 Å². The van der Waals surface area contributed by atoms with E-state index in [2.05, 4.69) is 9.71 Å². The summed E-state index contributed by atoms with van der Waals surface area (Å²) in [7, 11) is -3.29. The van der Waals surface area contributed by atoms with E-state index in [1.165, 1.54) is 5.56 Å². The van der Waals surface area contributed by atoms with E-state index in [1.54, 1.807) is 6.33 Å². The van der Waals surface area contributed by atoms with E-state index in [1.807, 2.05) is 40.7 Å². The minimum atomic E-state index is -3.29. The monoisotopic (exact) mass is 376 g/mol. The molecule has 1 N–H and O–H groups in total. The van der Waals surface area contributed by atoms with Crippen LogP contribution in [0.3, 0.4) is 0 Å². The number of carbonyl (C=O) groups is 1. The molecule has 8 heteroatoms. The van der Waals surface area contributed by atoms with Crippen LogP contribution >= 0.6 is 0 Å². The first kappa shape index (κ1) is 18.6. The number of sulfonamides is 1. The Bertz CT molecular complexity index is 888. The van der Waals surface area contributed by atoms with Crippen LogP contribution in [0.4, 0.5) is 0 Å². The van der Waals surface area contributed by atoms with Gasteiger partial charge in [-0.15, -0.1) is 0 Å². The van der Waals surface area contributed by atoms with Crippen LogP contribution in [0.5, 0.6) is 0 Å². The van der Waals surface area contributed by atoms with Crippen molar-refractivity contribution < 1.29 is 13.2 Å². The number of amides is 1. The molecule has 0 aliphatic carbocycles. The second kappa shape index (κ2) is 7.59. The van der Waals surface area contributed by atoms with E-state index in [9.17, 15) is 13.2 Å². The highest BCUT2D eigenvalue weighted by molar-refractivity contribution is 7.88. The SMILES string of the molecule is Cc1ccc(CC(=O)N2CCCn3cnc(CNS(C)(=O)=O)c3C2)cc1. The molecule has 3 rings (SSSR count). The lowest BCUT2D eigenvalue weighted by atomic mass is 10.1. The number of imidazole rings is 1. The fourth-order valence-electron chi connectivity index (χ4n) is 3.07. The highest BCUT2D eigenvalue weighted by Gasteiger charge is 2.22. The van der Waals surface area contributed by atoms with Gasteiger partial charge in [-0.1, -0.05) is 29.8 Å². The van der Waals surface area contributed by atoms with Gasteiger partial charge in [0, 0.05) is 13.1 Å². The van der Waals surface area contributed by atoms with Gasteiger partial charge in [-0.05, 0) is 18.9 Å². The molecule has 0 bridgehead atoms. The molecule has 7 nitrogen and oxygen atoms in total. The minimum Gasteiger partial charge on any atom is -0.336 e. The summed E-state index contributed by atoms with van der Waals surface area (Å²) in [4.78, 5) is 18.9. The Balaban J connectivity index is 1.72. The molecule has 2 aromatic rings. The third-order valence-electron chi connectivity index (χ3n) is 4.53. The first-order valence-electron chi connectivity index (χ1n) is 8.62. The van der Waals surface area contributed by atoms with Gasteiger partial charge in [-0.2, -0.15) is 0 Å². The number of aryl methyl sites for hydroxylation is 2. The van der Waals surface area contributed by atoms with Crippen molar-refractivity contribution in [1.82, 2.24) is 19.2 Å². The van der Waals surface area contributed by atoms with Gasteiger partial charge in [-0.25, -0.2) is 18.1 Å². The zero-order valence-electron chi connectivity index (χ0n) is 15.1. The van der Waals surface area contributed by atoms with Crippen LogP contribution in [-0.4, -0.2) is 41.6 Å². The maximum absolute atomic E-state index is 12.8. The minimum absolute atomic E-state index is 0.0746. The zero-order chi connectivity index (χ0) is 18.7. The zero-order valence-corrected chi connectivity index (χ0v) is 15.9. The summed E-state index contributed by atoms with van der Waals surface area (Å²) >= 11 is 0. The second-order valence-electron chi connectivity index (χ2n) is 6.76. The standard InChI is InChI=1S/C18H24N4O3S/c1-14-4-6-15(7-5-14)10-18(23)21-8-3-9-22-13-19-16(17(22)12-21)11-20-26(2,24)25/h4-7,13,20H,3,8-12H2,1-2H3. The number of aromatic nitrogens is 2. The molecule has 1 aliphatic heterocycles. The summed E-state index contributed by atoms with van der Waals surface area (Å²) in [5.74, 6) is 0.0746. The van der Waals surface area contributed by atoms with Crippen molar-refractivity contribution in [2.45, 2.75) is 39.4 Å². The number of carbonyl (C=O) groups excluding carboxylic acids is 1. The third kappa shape index (κ3) is 4.70. The molecule has 0 spiro atoms. The summed E-state index contributed by atoms with van der Waals surface area (Å²) in [6.45, 7) is 4.07. The topological polar surface area (TPSA) is 84.3 Å². The number of rotatable bonds is 5. The average Bonchev–Trinajstić information content (AvgIpc) is 2.82. The smallest absolute Gasteiger partial charge is 0.227 e. The molecule has 0 saturated heterocycles. The Kier molecular flexibility index (Phi) is 5.43. The van der Waals surface area contributed by atoms with Gasteiger partial charge in [0.25, 0.3) is 0 Å². The number of fused-ring (bicyclic) bond motifs is 1. The molecule has 0 atom stereocenters. The summed E-state index contributed by atoms with van der Waals surface area (Å²) in [5.41, 5.74) is 3.74. The molecular formula is C18H24N4O3S. The van der Waals surface area contributed by atoms with Crippen molar-refractivity contribution in [3.8, 4) is 0 Å². The Morgan fingerprint density at radius 2 is 1.96 bits per heavy atom. The lowest BCUT2D eigenvalue weighted by Crippen LogP contribution is -2.32. The van der Waals surface area contributed by atoms with Crippen LogP contribution in [0.1, 0.15) is 28.9 Å². The van der Waals surface area contributed by atoms with Gasteiger partial charge in [0.05, 0.1) is 43.5 Å². The van der Waals surface area contributed by atoms with Crippen LogP contribution in [0.25, 0.3) is 0 Å². The Labute approximate surface area is 154 Å². The molecule has 140 valence electrons. The maximum Gasteiger partial charge on any atom is 0.227 e. The van der Waals surface area contributed by atoms with Crippen molar-refractivity contribution in [3.05, 3.63) is 53.1 Å². The maximum atomic E-state index is 12.8. The van der Waals surface area contributed by atoms with Crippen molar-refractivity contribution >= 4 is 15.9 Å². The molecule has 0 radical (unpaired) electrons. The second-order valence-corrected chi connectivity index (χ2v) is 8.59. The number of nitrogens with zero attached hydrogens (tertiary/aromatic N) is 3. The molecule has 26 heavy (non-hydrogen) atoms. The number of hydrogen-bond donors (Lipinski definition) is 1. The highest BCUT2D eigenvalue weighted by atomic mass is 32.2. The van der Waals surface area contributed by atoms with E-state index in [0.717, 1.165) is 30.5 Å². The van der Waals surface area contributed by atoms with Crippen molar-refractivity contribution in [3.63, 3.8) is 0 Å². The highest BCUT2D eigenvalue weighted by Crippen LogP contribution is 2.17. The summed E-state index contributed by atoms with van der Waals surface area (Å²) in [6, 6.07) is 7.98. The summed E-state index contributed by atoms with van der Waals surface area (Å²) in [5, 5.41) is 0. The molecular weight excluding hydrogens is 352 g/mol. The molecule has 1 aliphatic rings. The van der Waals surface area contributed by atoms with E-state index in [4.69, 9.17) is 0 Å². The normalized spacial score (nSPS) is 14.8. The lowest BCUT2D eigenvalue weighted by molar-refractivity contribution is -0.131. The molecule has 2 heterocycles. The lowest BCUT2D eigenvalue weighted by Gasteiger charge is -2.21. The number of nitrogens with one attached hydrogen (secondary N) is 1. The first-order valence-corrected chi connectivity index (χ1v) is 10.5. The van der Waals surface area contributed by atoms with Crippen molar-refractivity contribution in [2.24, 2.45) is 0 Å². The van der Waals surface area contributed by atoms with Gasteiger partial charge in [0.15, 0.2) is 0 Å². The third-order valence-corrected chi connectivity index (χ3v) is 5.20. The molecule has 0 saturated carbocycles. The fraction of sp³-hybridized carbons (Fsp3) is 0.444. The number of hydrogen-bond acceptors (Lipinski definition) is 4. The summed E-state index contributed by atoms with van der Waals surface area (Å²) < 4.78 is 27.2. The number of benzene rings is 1. The predicted molar refractivity (Wildman–Crippen MR) is 98.8 cm³/mol. The van der Waals surface area contributed by atoms with E-state index in [0.29, 0.717) is 25.2 Å². The van der Waals surface area contributed by atoms with Crippen LogP contribution < -0.4 is 4.72 Å². The van der Waals surface area contributed by atoms with Gasteiger partial charge < -0.3 is 9.47 Å². The fourth-order valence-corrected chi connectivity index (χ4v) is 3.47. The molecule has 0 fully saturated rings. The van der Waals surface area contributed by atoms with Crippen LogP contribution in [0, 0.1) is 6.92 Å². The predicted octanol–water partition coefficient (Wildman–Crippen LogP) is 1.22. The van der Waals surface area contributed by atoms with E-state index < -0.39 is 10.0 Å².